The van der Waals surface area contributed by atoms with Crippen LogP contribution in [0.3, 0.4) is 0 Å². The molecular weight excluding hydrogens is 328 g/mol. The predicted octanol–water partition coefficient (Wildman–Crippen LogP) is 2.81. The third kappa shape index (κ3) is 3.54. The summed E-state index contributed by atoms with van der Waals surface area (Å²) in [6.07, 6.45) is 3.69. The fourth-order valence-corrected chi connectivity index (χ4v) is 3.37. The molecule has 0 spiro atoms. The zero-order valence-corrected chi connectivity index (χ0v) is 14.8. The zero-order chi connectivity index (χ0) is 17.9. The van der Waals surface area contributed by atoms with Crippen molar-refractivity contribution in [3.8, 4) is 5.88 Å². The number of ether oxygens (including phenoxy) is 1. The van der Waals surface area contributed by atoms with Crippen LogP contribution in [0.1, 0.15) is 18.5 Å². The summed E-state index contributed by atoms with van der Waals surface area (Å²) in [4.78, 5) is 14.6. The zero-order valence-electron chi connectivity index (χ0n) is 14.8. The molecule has 0 radical (unpaired) electrons. The van der Waals surface area contributed by atoms with Crippen LogP contribution in [0, 0.1) is 6.92 Å². The molecule has 2 aromatic heterocycles. The monoisotopic (exact) mass is 350 g/mol. The van der Waals surface area contributed by atoms with Gasteiger partial charge in [0.2, 0.25) is 11.8 Å². The first kappa shape index (κ1) is 16.6. The normalized spacial score (nSPS) is 15.3. The van der Waals surface area contributed by atoms with Gasteiger partial charge < -0.3 is 14.2 Å². The minimum absolute atomic E-state index is 0.0865. The minimum Gasteiger partial charge on any atom is -0.473 e. The molecule has 1 fully saturated rings. The van der Waals surface area contributed by atoms with Gasteiger partial charge in [0.1, 0.15) is 12.6 Å². The molecule has 1 amide bonds. The Kier molecular flexibility index (Phi) is 4.56. The van der Waals surface area contributed by atoms with Crippen molar-refractivity contribution in [2.45, 2.75) is 32.4 Å². The van der Waals surface area contributed by atoms with Crippen molar-refractivity contribution in [1.82, 2.24) is 19.7 Å². The van der Waals surface area contributed by atoms with E-state index in [0.29, 0.717) is 25.5 Å². The van der Waals surface area contributed by atoms with Gasteiger partial charge >= 0.3 is 0 Å². The molecule has 0 N–H and O–H groups in total. The number of aromatic nitrogens is 3. The number of hydrogen-bond donors (Lipinski definition) is 0. The van der Waals surface area contributed by atoms with Crippen LogP contribution in [0.5, 0.6) is 5.88 Å². The Morgan fingerprint density at radius 3 is 2.69 bits per heavy atom. The molecule has 1 saturated heterocycles. The number of benzene rings is 1. The average molecular weight is 350 g/mol. The number of para-hydroxylation sites is 1. The molecule has 6 nitrogen and oxygen atoms in total. The number of likely N-dealkylation sites (tertiary alicyclic amines) is 1. The van der Waals surface area contributed by atoms with E-state index in [-0.39, 0.29) is 12.0 Å². The first-order chi connectivity index (χ1) is 12.7. The van der Waals surface area contributed by atoms with E-state index in [0.717, 1.165) is 29.4 Å². The fraction of sp³-hybridized carbons (Fsp3) is 0.350. The molecule has 6 heteroatoms. The molecule has 26 heavy (non-hydrogen) atoms. The van der Waals surface area contributed by atoms with Gasteiger partial charge in [0, 0.05) is 43.7 Å². The second kappa shape index (κ2) is 7.15. The standard InChI is InChI=1S/C20H22N4O2/c1-15-6-7-19(22-21-15)26-17-9-12-23(13-10-17)20(25)14-24-11-8-16-4-2-3-5-18(16)24/h2-8,11,17H,9-10,12-14H2,1H3. The molecule has 134 valence electrons. The highest BCUT2D eigenvalue weighted by Crippen LogP contribution is 2.19. The lowest BCUT2D eigenvalue weighted by Crippen LogP contribution is -2.43. The largest absolute Gasteiger partial charge is 0.473 e. The van der Waals surface area contributed by atoms with Gasteiger partial charge in [0.25, 0.3) is 0 Å². The highest BCUT2D eigenvalue weighted by molar-refractivity contribution is 5.83. The lowest BCUT2D eigenvalue weighted by Gasteiger charge is -2.32. The summed E-state index contributed by atoms with van der Waals surface area (Å²) in [5.74, 6) is 0.708. The van der Waals surface area contributed by atoms with Crippen LogP contribution < -0.4 is 4.74 Å². The lowest BCUT2D eigenvalue weighted by atomic mass is 10.1. The molecule has 0 bridgehead atoms. The van der Waals surface area contributed by atoms with Crippen LogP contribution in [-0.2, 0) is 11.3 Å². The topological polar surface area (TPSA) is 60.2 Å². The van der Waals surface area contributed by atoms with Crippen LogP contribution in [-0.4, -0.2) is 44.8 Å². The van der Waals surface area contributed by atoms with Crippen molar-refractivity contribution < 1.29 is 9.53 Å². The van der Waals surface area contributed by atoms with Gasteiger partial charge in [-0.1, -0.05) is 18.2 Å². The smallest absolute Gasteiger partial charge is 0.242 e. The van der Waals surface area contributed by atoms with Crippen molar-refractivity contribution in [3.63, 3.8) is 0 Å². The summed E-state index contributed by atoms with van der Waals surface area (Å²) in [7, 11) is 0. The molecule has 0 unspecified atom stereocenters. The van der Waals surface area contributed by atoms with Crippen LogP contribution in [0.15, 0.2) is 48.7 Å². The molecule has 0 saturated carbocycles. The van der Waals surface area contributed by atoms with E-state index >= 15 is 0 Å². The van der Waals surface area contributed by atoms with Gasteiger partial charge in [0.15, 0.2) is 0 Å². The molecule has 3 heterocycles. The van der Waals surface area contributed by atoms with Crippen LogP contribution in [0.4, 0.5) is 0 Å². The van der Waals surface area contributed by atoms with Crippen LogP contribution in [0.25, 0.3) is 10.9 Å². The molecular formula is C20H22N4O2. The number of carbonyl (C=O) groups excluding carboxylic acids is 1. The number of piperidine rings is 1. The molecule has 1 aliphatic rings. The summed E-state index contributed by atoms with van der Waals surface area (Å²) in [5.41, 5.74) is 1.97. The number of hydrogen-bond acceptors (Lipinski definition) is 4. The maximum atomic E-state index is 12.7. The highest BCUT2D eigenvalue weighted by atomic mass is 16.5. The second-order valence-corrected chi connectivity index (χ2v) is 6.71. The van der Waals surface area contributed by atoms with E-state index < -0.39 is 0 Å². The molecule has 1 aromatic carbocycles. The van der Waals surface area contributed by atoms with Crippen molar-refractivity contribution >= 4 is 16.8 Å². The van der Waals surface area contributed by atoms with E-state index in [1.807, 2.05) is 59.0 Å². The van der Waals surface area contributed by atoms with E-state index in [2.05, 4.69) is 16.3 Å². The summed E-state index contributed by atoms with van der Waals surface area (Å²) in [5, 5.41) is 9.22. The lowest BCUT2D eigenvalue weighted by molar-refractivity contribution is -0.133. The molecule has 1 aliphatic heterocycles. The van der Waals surface area contributed by atoms with Crippen molar-refractivity contribution in [2.24, 2.45) is 0 Å². The van der Waals surface area contributed by atoms with Gasteiger partial charge in [0.05, 0.1) is 5.69 Å². The maximum absolute atomic E-state index is 12.7. The van der Waals surface area contributed by atoms with Crippen LogP contribution >= 0.6 is 0 Å². The van der Waals surface area contributed by atoms with Crippen molar-refractivity contribution in [1.29, 1.82) is 0 Å². The third-order valence-electron chi connectivity index (χ3n) is 4.84. The van der Waals surface area contributed by atoms with E-state index in [9.17, 15) is 4.79 Å². The first-order valence-electron chi connectivity index (χ1n) is 8.98. The molecule has 4 rings (SSSR count). The predicted molar refractivity (Wildman–Crippen MR) is 98.9 cm³/mol. The Morgan fingerprint density at radius 1 is 1.12 bits per heavy atom. The van der Waals surface area contributed by atoms with Gasteiger partial charge in [-0.2, -0.15) is 5.10 Å². The Bertz CT molecular complexity index is 896. The summed E-state index contributed by atoms with van der Waals surface area (Å²) >= 11 is 0. The van der Waals surface area contributed by atoms with Crippen LogP contribution in [0.2, 0.25) is 0 Å². The molecule has 0 aliphatic carbocycles. The number of rotatable bonds is 4. The number of nitrogens with zero attached hydrogens (tertiary/aromatic N) is 4. The van der Waals surface area contributed by atoms with Crippen molar-refractivity contribution in [3.05, 3.63) is 54.4 Å². The van der Waals surface area contributed by atoms with E-state index in [1.165, 1.54) is 0 Å². The summed E-state index contributed by atoms with van der Waals surface area (Å²) in [6.45, 7) is 3.70. The van der Waals surface area contributed by atoms with Gasteiger partial charge in [-0.3, -0.25) is 4.79 Å². The maximum Gasteiger partial charge on any atom is 0.242 e. The van der Waals surface area contributed by atoms with Crippen molar-refractivity contribution in [2.75, 3.05) is 13.1 Å². The minimum atomic E-state index is 0.0865. The number of carbonyl (C=O) groups is 1. The van der Waals surface area contributed by atoms with E-state index in [1.54, 1.807) is 0 Å². The Morgan fingerprint density at radius 2 is 1.92 bits per heavy atom. The highest BCUT2D eigenvalue weighted by Gasteiger charge is 2.24. The average Bonchev–Trinajstić information content (AvgIpc) is 3.07. The quantitative estimate of drug-likeness (QED) is 0.726. The first-order valence-corrected chi connectivity index (χ1v) is 8.98. The van der Waals surface area contributed by atoms with Gasteiger partial charge in [-0.05, 0) is 30.5 Å². The summed E-state index contributed by atoms with van der Waals surface area (Å²) < 4.78 is 7.90. The Balaban J connectivity index is 1.32. The second-order valence-electron chi connectivity index (χ2n) is 6.71. The number of aryl methyl sites for hydroxylation is 1. The fourth-order valence-electron chi connectivity index (χ4n) is 3.37. The van der Waals surface area contributed by atoms with Gasteiger partial charge in [-0.25, -0.2) is 0 Å². The molecule has 0 atom stereocenters. The SMILES string of the molecule is Cc1ccc(OC2CCN(C(=O)Cn3ccc4ccccc43)CC2)nn1. The Hall–Kier alpha value is -2.89. The number of amides is 1. The molecule has 3 aromatic rings. The summed E-state index contributed by atoms with van der Waals surface area (Å²) in [6, 6.07) is 13.9. The number of fused-ring (bicyclic) bond motifs is 1. The Labute approximate surface area is 152 Å². The van der Waals surface area contributed by atoms with E-state index in [4.69, 9.17) is 4.74 Å². The van der Waals surface area contributed by atoms with Gasteiger partial charge in [-0.15, -0.1) is 5.10 Å². The third-order valence-corrected chi connectivity index (χ3v) is 4.84.